The van der Waals surface area contributed by atoms with Crippen LogP contribution in [0.1, 0.15) is 6.42 Å². The quantitative estimate of drug-likeness (QED) is 0.445. The fourth-order valence-electron chi connectivity index (χ4n) is 2.58. The molecule has 0 saturated heterocycles. The number of thioether (sulfide) groups is 1. The van der Waals surface area contributed by atoms with E-state index in [4.69, 9.17) is 9.68 Å². The molecule has 0 spiro atoms. The van der Waals surface area contributed by atoms with Crippen molar-refractivity contribution in [1.82, 2.24) is 10.2 Å². The summed E-state index contributed by atoms with van der Waals surface area (Å²) < 4.78 is 48.3. The van der Waals surface area contributed by atoms with Crippen molar-refractivity contribution < 1.29 is 27.1 Å². The van der Waals surface area contributed by atoms with Gasteiger partial charge in [0.1, 0.15) is 11.6 Å². The number of rotatable bonds is 9. The second-order valence-electron chi connectivity index (χ2n) is 5.97. The minimum atomic E-state index is -2.92. The number of anilines is 1. The Labute approximate surface area is 179 Å². The van der Waals surface area contributed by atoms with Gasteiger partial charge in [0.05, 0.1) is 23.9 Å². The molecular formula is C20H15F3N4O3S. The Morgan fingerprint density at radius 3 is 2.61 bits per heavy atom. The predicted molar refractivity (Wildman–Crippen MR) is 106 cm³/mol. The Hall–Kier alpha value is -3.52. The third-order valence-corrected chi connectivity index (χ3v) is 4.75. The maximum atomic E-state index is 14.1. The van der Waals surface area contributed by atoms with Crippen LogP contribution < -0.4 is 9.64 Å². The second-order valence-corrected chi connectivity index (χ2v) is 6.90. The topological polar surface area (TPSA) is 92.2 Å². The molecule has 0 atom stereocenters. The number of alkyl halides is 2. The normalized spacial score (nSPS) is 10.7. The van der Waals surface area contributed by atoms with Crippen LogP contribution in [0.25, 0.3) is 11.5 Å². The van der Waals surface area contributed by atoms with Gasteiger partial charge in [-0.15, -0.1) is 10.2 Å². The zero-order valence-corrected chi connectivity index (χ0v) is 16.7. The number of carbonyl (C=O) groups is 1. The van der Waals surface area contributed by atoms with Gasteiger partial charge in [-0.05, 0) is 36.4 Å². The van der Waals surface area contributed by atoms with E-state index in [1.807, 2.05) is 6.07 Å². The van der Waals surface area contributed by atoms with E-state index in [1.165, 1.54) is 47.4 Å². The lowest BCUT2D eigenvalue weighted by Gasteiger charge is -2.21. The number of ether oxygens (including phenoxy) is 1. The van der Waals surface area contributed by atoms with Crippen molar-refractivity contribution in [3.8, 4) is 23.3 Å². The number of carbonyl (C=O) groups excluding carboxylic acids is 1. The highest BCUT2D eigenvalue weighted by atomic mass is 32.2. The van der Waals surface area contributed by atoms with Gasteiger partial charge in [-0.3, -0.25) is 4.79 Å². The number of halogens is 3. The first-order valence-electron chi connectivity index (χ1n) is 8.91. The molecule has 31 heavy (non-hydrogen) atoms. The number of hydrogen-bond donors (Lipinski definition) is 0. The first-order chi connectivity index (χ1) is 15.0. The van der Waals surface area contributed by atoms with Gasteiger partial charge in [0.2, 0.25) is 11.8 Å². The minimum Gasteiger partial charge on any atom is -0.435 e. The molecule has 3 rings (SSSR count). The van der Waals surface area contributed by atoms with E-state index in [0.717, 1.165) is 11.8 Å². The molecule has 0 unspecified atom stereocenters. The summed E-state index contributed by atoms with van der Waals surface area (Å²) in [4.78, 5) is 13.8. The molecule has 1 heterocycles. The Bertz CT molecular complexity index is 1070. The minimum absolute atomic E-state index is 0.0101. The Morgan fingerprint density at radius 1 is 1.19 bits per heavy atom. The fraction of sp³-hybridized carbons (Fsp3) is 0.200. The van der Waals surface area contributed by atoms with Crippen LogP contribution in [0.4, 0.5) is 18.9 Å². The molecular weight excluding hydrogens is 433 g/mol. The van der Waals surface area contributed by atoms with Crippen LogP contribution in [0.5, 0.6) is 5.75 Å². The summed E-state index contributed by atoms with van der Waals surface area (Å²) in [6.45, 7) is -2.88. The molecule has 7 nitrogen and oxygen atoms in total. The zero-order chi connectivity index (χ0) is 22.2. The van der Waals surface area contributed by atoms with Crippen LogP contribution >= 0.6 is 11.8 Å². The highest BCUT2D eigenvalue weighted by Crippen LogP contribution is 2.26. The van der Waals surface area contributed by atoms with Gasteiger partial charge in [-0.2, -0.15) is 14.0 Å². The SMILES string of the molecule is N#CCCN(C(=O)CSc1nnc(-c2ccc(OC(F)F)cc2)o1)c1ccccc1F. The maximum Gasteiger partial charge on any atom is 0.387 e. The number of nitriles is 1. The van der Waals surface area contributed by atoms with Crippen molar-refractivity contribution in [2.45, 2.75) is 18.3 Å². The average molecular weight is 448 g/mol. The van der Waals surface area contributed by atoms with E-state index in [-0.39, 0.29) is 41.3 Å². The van der Waals surface area contributed by atoms with Crippen molar-refractivity contribution in [2.24, 2.45) is 0 Å². The summed E-state index contributed by atoms with van der Waals surface area (Å²) >= 11 is 0.957. The molecule has 1 amide bonds. The molecule has 1 aromatic heterocycles. The van der Waals surface area contributed by atoms with Crippen molar-refractivity contribution in [3.63, 3.8) is 0 Å². The maximum absolute atomic E-state index is 14.1. The molecule has 2 aromatic carbocycles. The third-order valence-electron chi connectivity index (χ3n) is 3.94. The van der Waals surface area contributed by atoms with Gasteiger partial charge in [-0.25, -0.2) is 4.39 Å². The lowest BCUT2D eigenvalue weighted by atomic mass is 10.2. The first-order valence-corrected chi connectivity index (χ1v) is 9.90. The summed E-state index contributed by atoms with van der Waals surface area (Å²) in [6.07, 6.45) is 0.0424. The van der Waals surface area contributed by atoms with Crippen LogP contribution in [0, 0.1) is 17.1 Å². The van der Waals surface area contributed by atoms with Crippen molar-refractivity contribution in [3.05, 3.63) is 54.3 Å². The molecule has 0 aliphatic carbocycles. The van der Waals surface area contributed by atoms with Gasteiger partial charge in [0.15, 0.2) is 0 Å². The molecule has 0 bridgehead atoms. The second kappa shape index (κ2) is 10.5. The summed E-state index contributed by atoms with van der Waals surface area (Å²) in [5.41, 5.74) is 0.565. The van der Waals surface area contributed by atoms with Crippen LogP contribution in [-0.4, -0.2) is 35.0 Å². The molecule has 0 aliphatic rings. The van der Waals surface area contributed by atoms with E-state index < -0.39 is 18.3 Å². The standard InChI is InChI=1S/C20H15F3N4O3S/c21-15-4-1-2-5-16(15)27(11-3-10-24)17(28)12-31-20-26-25-18(30-20)13-6-8-14(9-7-13)29-19(22)23/h1-2,4-9,19H,3,11-12H2. The number of nitrogens with zero attached hydrogens (tertiary/aromatic N) is 4. The highest BCUT2D eigenvalue weighted by molar-refractivity contribution is 7.99. The number of aromatic nitrogens is 2. The van der Waals surface area contributed by atoms with Crippen molar-refractivity contribution in [2.75, 3.05) is 17.2 Å². The van der Waals surface area contributed by atoms with E-state index in [1.54, 1.807) is 6.07 Å². The number of hydrogen-bond acceptors (Lipinski definition) is 7. The molecule has 0 aliphatic heterocycles. The van der Waals surface area contributed by atoms with Crippen molar-refractivity contribution >= 4 is 23.4 Å². The summed E-state index contributed by atoms with van der Waals surface area (Å²) in [5.74, 6) is -1.00. The molecule has 160 valence electrons. The third kappa shape index (κ3) is 5.99. The lowest BCUT2D eigenvalue weighted by molar-refractivity contribution is -0.116. The Balaban J connectivity index is 1.65. The average Bonchev–Trinajstić information content (AvgIpc) is 3.23. The molecule has 3 aromatic rings. The summed E-state index contributed by atoms with van der Waals surface area (Å²) in [5, 5.41) is 16.6. The molecule has 0 fully saturated rings. The number of benzene rings is 2. The monoisotopic (exact) mass is 448 g/mol. The Morgan fingerprint density at radius 2 is 1.94 bits per heavy atom. The van der Waals surface area contributed by atoms with E-state index in [2.05, 4.69) is 14.9 Å². The number of amides is 1. The molecule has 0 radical (unpaired) electrons. The van der Waals surface area contributed by atoms with E-state index in [9.17, 15) is 18.0 Å². The van der Waals surface area contributed by atoms with E-state index in [0.29, 0.717) is 5.56 Å². The predicted octanol–water partition coefficient (Wildman–Crippen LogP) is 4.52. The van der Waals surface area contributed by atoms with Crippen LogP contribution in [0.15, 0.2) is 58.2 Å². The van der Waals surface area contributed by atoms with Crippen LogP contribution in [0.3, 0.4) is 0 Å². The molecule has 0 N–H and O–H groups in total. The van der Waals surface area contributed by atoms with Gasteiger partial charge in [0.25, 0.3) is 5.22 Å². The van der Waals surface area contributed by atoms with Crippen LogP contribution in [-0.2, 0) is 4.79 Å². The fourth-order valence-corrected chi connectivity index (χ4v) is 3.22. The largest absolute Gasteiger partial charge is 0.435 e. The summed E-state index contributed by atoms with van der Waals surface area (Å²) in [6, 6.07) is 13.4. The Kier molecular flexibility index (Phi) is 7.50. The molecule has 11 heteroatoms. The van der Waals surface area contributed by atoms with E-state index >= 15 is 0 Å². The lowest BCUT2D eigenvalue weighted by Crippen LogP contribution is -2.34. The molecule has 0 saturated carbocycles. The van der Waals surface area contributed by atoms with Gasteiger partial charge >= 0.3 is 6.61 Å². The first kappa shape index (κ1) is 22.2. The van der Waals surface area contributed by atoms with Gasteiger partial charge < -0.3 is 14.1 Å². The highest BCUT2D eigenvalue weighted by Gasteiger charge is 2.20. The smallest absolute Gasteiger partial charge is 0.387 e. The zero-order valence-electron chi connectivity index (χ0n) is 15.9. The van der Waals surface area contributed by atoms with Gasteiger partial charge in [0, 0.05) is 12.1 Å². The van der Waals surface area contributed by atoms with Crippen molar-refractivity contribution in [1.29, 1.82) is 5.26 Å². The van der Waals surface area contributed by atoms with Crippen LogP contribution in [0.2, 0.25) is 0 Å². The summed E-state index contributed by atoms with van der Waals surface area (Å²) in [7, 11) is 0. The number of para-hydroxylation sites is 1. The van der Waals surface area contributed by atoms with Gasteiger partial charge in [-0.1, -0.05) is 23.9 Å².